The number of hydrogen-bond acceptors (Lipinski definition) is 4. The van der Waals surface area contributed by atoms with Gasteiger partial charge in [0.1, 0.15) is 0 Å². The van der Waals surface area contributed by atoms with E-state index in [-0.39, 0.29) is 5.91 Å². The molecule has 0 bridgehead atoms. The quantitative estimate of drug-likeness (QED) is 0.848. The molecule has 1 aromatic rings. The Hall–Kier alpha value is -1.04. The van der Waals surface area contributed by atoms with E-state index in [1.807, 2.05) is 19.1 Å². The van der Waals surface area contributed by atoms with Crippen LogP contribution in [0.2, 0.25) is 5.02 Å². The number of rotatable bonds is 3. The average Bonchev–Trinajstić information content (AvgIpc) is 2.65. The van der Waals surface area contributed by atoms with E-state index in [9.17, 15) is 4.79 Å². The average molecular weight is 271 g/mol. The van der Waals surface area contributed by atoms with E-state index in [2.05, 4.69) is 4.99 Å². The molecule has 0 N–H and O–H groups in total. The topological polar surface area (TPSA) is 41.9 Å². The molecule has 0 unspecified atom stereocenters. The van der Waals surface area contributed by atoms with Gasteiger partial charge in [-0.05, 0) is 19.1 Å². The van der Waals surface area contributed by atoms with Gasteiger partial charge in [0.15, 0.2) is 5.17 Å². The van der Waals surface area contributed by atoms with Gasteiger partial charge in [0, 0.05) is 0 Å². The highest BCUT2D eigenvalue weighted by atomic mass is 35.5. The van der Waals surface area contributed by atoms with Gasteiger partial charge in [0.05, 0.1) is 23.1 Å². The third-order valence-electron chi connectivity index (χ3n) is 2.05. The van der Waals surface area contributed by atoms with E-state index in [4.69, 9.17) is 16.4 Å². The highest BCUT2D eigenvalue weighted by Gasteiger charge is 2.29. The number of carbonyl (C=O) groups is 1. The molecule has 2 rings (SSSR count). The first kappa shape index (κ1) is 12.4. The molecule has 4 nitrogen and oxygen atoms in total. The number of hydrogen-bond donors (Lipinski definition) is 0. The third kappa shape index (κ3) is 2.80. The Morgan fingerprint density at radius 3 is 3.00 bits per heavy atom. The minimum Gasteiger partial charge on any atom is -0.271 e. The van der Waals surface area contributed by atoms with Crippen molar-refractivity contribution in [1.29, 1.82) is 0 Å². The van der Waals surface area contributed by atoms with Crippen molar-refractivity contribution in [3.8, 4) is 0 Å². The number of para-hydroxylation sites is 1. The van der Waals surface area contributed by atoms with Crippen LogP contribution in [-0.4, -0.2) is 28.5 Å². The predicted molar refractivity (Wildman–Crippen MR) is 69.5 cm³/mol. The minimum atomic E-state index is -0.0948. The van der Waals surface area contributed by atoms with Crippen LogP contribution in [0.15, 0.2) is 29.3 Å². The summed E-state index contributed by atoms with van der Waals surface area (Å²) in [6.45, 7) is 2.25. The first-order chi connectivity index (χ1) is 8.22. The van der Waals surface area contributed by atoms with Crippen LogP contribution in [0.4, 0.5) is 5.69 Å². The minimum absolute atomic E-state index is 0.0948. The number of benzene rings is 1. The van der Waals surface area contributed by atoms with Crippen LogP contribution in [0, 0.1) is 0 Å². The number of halogens is 1. The number of aliphatic imine (C=N–C) groups is 1. The van der Waals surface area contributed by atoms with Gasteiger partial charge in [-0.1, -0.05) is 35.5 Å². The standard InChI is InChI=1S/C11H11ClN2O2S/c1-2-16-14-10(15)7-17-11(14)13-9-6-4-3-5-8(9)12/h3-6H,2,7H2,1H3. The summed E-state index contributed by atoms with van der Waals surface area (Å²) in [5.74, 6) is 0.256. The number of hydroxylamine groups is 2. The van der Waals surface area contributed by atoms with Gasteiger partial charge in [-0.3, -0.25) is 9.63 Å². The SMILES string of the molecule is CCON1C(=O)CSC1=Nc1ccccc1Cl. The molecule has 0 aliphatic carbocycles. The zero-order valence-electron chi connectivity index (χ0n) is 9.22. The number of nitrogens with zero attached hydrogens (tertiary/aromatic N) is 2. The number of amides is 1. The molecule has 1 aromatic carbocycles. The molecule has 0 radical (unpaired) electrons. The molecule has 1 aliphatic heterocycles. The fourth-order valence-corrected chi connectivity index (χ4v) is 2.31. The molecule has 6 heteroatoms. The third-order valence-corrected chi connectivity index (χ3v) is 3.28. The fraction of sp³-hybridized carbons (Fsp3) is 0.273. The molecule has 1 saturated heterocycles. The van der Waals surface area contributed by atoms with E-state index >= 15 is 0 Å². The Morgan fingerprint density at radius 2 is 2.29 bits per heavy atom. The van der Waals surface area contributed by atoms with Crippen molar-refractivity contribution in [3.05, 3.63) is 29.3 Å². The molecule has 90 valence electrons. The van der Waals surface area contributed by atoms with Crippen LogP contribution in [0.5, 0.6) is 0 Å². The Bertz CT molecular complexity index is 465. The van der Waals surface area contributed by atoms with E-state index in [0.29, 0.717) is 28.2 Å². The molecular formula is C11H11ClN2O2S. The van der Waals surface area contributed by atoms with Crippen molar-refractivity contribution in [1.82, 2.24) is 5.06 Å². The van der Waals surface area contributed by atoms with Crippen LogP contribution >= 0.6 is 23.4 Å². The summed E-state index contributed by atoms with van der Waals surface area (Å²) < 4.78 is 0. The molecule has 17 heavy (non-hydrogen) atoms. The number of thioether (sulfide) groups is 1. The summed E-state index contributed by atoms with van der Waals surface area (Å²) in [7, 11) is 0. The van der Waals surface area contributed by atoms with Gasteiger partial charge in [0.2, 0.25) is 0 Å². The fourth-order valence-electron chi connectivity index (χ4n) is 1.33. The normalized spacial score (nSPS) is 18.1. The monoisotopic (exact) mass is 270 g/mol. The maximum atomic E-state index is 11.5. The molecule has 0 atom stereocenters. The van der Waals surface area contributed by atoms with Crippen LogP contribution < -0.4 is 0 Å². The van der Waals surface area contributed by atoms with Crippen molar-refractivity contribution in [2.45, 2.75) is 6.92 Å². The zero-order chi connectivity index (χ0) is 12.3. The highest BCUT2D eigenvalue weighted by Crippen LogP contribution is 2.28. The smallest absolute Gasteiger partial charge is 0.263 e. The second-order valence-corrected chi connectivity index (χ2v) is 4.59. The molecule has 1 aliphatic rings. The first-order valence-corrected chi connectivity index (χ1v) is 6.50. The summed E-state index contributed by atoms with van der Waals surface area (Å²) in [5.41, 5.74) is 0.635. The van der Waals surface area contributed by atoms with E-state index in [1.54, 1.807) is 12.1 Å². The van der Waals surface area contributed by atoms with Gasteiger partial charge in [0.25, 0.3) is 5.91 Å². The van der Waals surface area contributed by atoms with Crippen molar-refractivity contribution >= 4 is 40.1 Å². The second kappa shape index (κ2) is 5.53. The molecule has 0 aromatic heterocycles. The molecule has 1 amide bonds. The van der Waals surface area contributed by atoms with Crippen molar-refractivity contribution in [3.63, 3.8) is 0 Å². The summed E-state index contributed by atoms with van der Waals surface area (Å²) in [5, 5.41) is 2.31. The zero-order valence-corrected chi connectivity index (χ0v) is 10.8. The second-order valence-electron chi connectivity index (χ2n) is 3.24. The van der Waals surface area contributed by atoms with Crippen molar-refractivity contribution in [2.24, 2.45) is 4.99 Å². The molecule has 1 fully saturated rings. The summed E-state index contributed by atoms with van der Waals surface area (Å²) in [6, 6.07) is 7.23. The number of carbonyl (C=O) groups excluding carboxylic acids is 1. The molecule has 0 saturated carbocycles. The van der Waals surface area contributed by atoms with Gasteiger partial charge in [-0.25, -0.2) is 4.99 Å². The molecular weight excluding hydrogens is 260 g/mol. The first-order valence-electron chi connectivity index (χ1n) is 5.14. The van der Waals surface area contributed by atoms with Crippen LogP contribution in [0.1, 0.15) is 6.92 Å². The maximum Gasteiger partial charge on any atom is 0.263 e. The summed E-state index contributed by atoms with van der Waals surface area (Å²) >= 11 is 7.35. The van der Waals surface area contributed by atoms with Gasteiger partial charge >= 0.3 is 0 Å². The predicted octanol–water partition coefficient (Wildman–Crippen LogP) is 2.85. The van der Waals surface area contributed by atoms with E-state index < -0.39 is 0 Å². The van der Waals surface area contributed by atoms with Crippen molar-refractivity contribution in [2.75, 3.05) is 12.4 Å². The van der Waals surface area contributed by atoms with Crippen LogP contribution in [0.25, 0.3) is 0 Å². The Morgan fingerprint density at radius 1 is 1.53 bits per heavy atom. The number of amidine groups is 1. The lowest BCUT2D eigenvalue weighted by Crippen LogP contribution is -2.29. The van der Waals surface area contributed by atoms with Gasteiger partial charge < -0.3 is 0 Å². The van der Waals surface area contributed by atoms with E-state index in [1.165, 1.54) is 16.8 Å². The summed E-state index contributed by atoms with van der Waals surface area (Å²) in [4.78, 5) is 21.1. The van der Waals surface area contributed by atoms with Gasteiger partial charge in [-0.15, -0.1) is 0 Å². The Kier molecular flexibility index (Phi) is 4.04. The lowest BCUT2D eigenvalue weighted by Gasteiger charge is -2.13. The Balaban J connectivity index is 2.27. The molecule has 0 spiro atoms. The molecule has 1 heterocycles. The lowest BCUT2D eigenvalue weighted by atomic mass is 10.3. The lowest BCUT2D eigenvalue weighted by molar-refractivity contribution is -0.156. The van der Waals surface area contributed by atoms with Gasteiger partial charge in [-0.2, -0.15) is 5.06 Å². The Labute approximate surface area is 109 Å². The highest BCUT2D eigenvalue weighted by molar-refractivity contribution is 8.15. The summed E-state index contributed by atoms with van der Waals surface area (Å²) in [6.07, 6.45) is 0. The largest absolute Gasteiger partial charge is 0.271 e. The van der Waals surface area contributed by atoms with E-state index in [0.717, 1.165) is 0 Å². The van der Waals surface area contributed by atoms with Crippen LogP contribution in [0.3, 0.4) is 0 Å². The maximum absolute atomic E-state index is 11.5. The van der Waals surface area contributed by atoms with Crippen LogP contribution in [-0.2, 0) is 9.63 Å². The van der Waals surface area contributed by atoms with Crippen molar-refractivity contribution < 1.29 is 9.63 Å².